The number of rotatable bonds is 5. The average Bonchev–Trinajstić information content (AvgIpc) is 3.00. The Kier molecular flexibility index (Phi) is 5.09. The number of carbonyl (C=O) groups excluding carboxylic acids is 1. The summed E-state index contributed by atoms with van der Waals surface area (Å²) < 4.78 is 0. The predicted octanol–water partition coefficient (Wildman–Crippen LogP) is 3.53. The Bertz CT molecular complexity index is 844. The number of nitrogens with one attached hydrogen (secondary N) is 3. The summed E-state index contributed by atoms with van der Waals surface area (Å²) in [5, 5.41) is 13.0. The standard InChI is InChI=1S/C19H21N5O/c1-13(11-16-12-14(2)23-24-16)21-19(25)22-18-6-4-3-5-17(18)15-7-9-20-10-8-15/h3-10,12-13H,11H2,1-2H3,(H,23,24)(H2,21,22,25). The van der Waals surface area contributed by atoms with Crippen LogP contribution in [0.4, 0.5) is 10.5 Å². The van der Waals surface area contributed by atoms with Crippen LogP contribution >= 0.6 is 0 Å². The molecule has 0 radical (unpaired) electrons. The molecule has 0 saturated carbocycles. The van der Waals surface area contributed by atoms with Crippen LogP contribution in [0, 0.1) is 6.92 Å². The van der Waals surface area contributed by atoms with Crippen molar-refractivity contribution in [1.29, 1.82) is 0 Å². The van der Waals surface area contributed by atoms with Crippen molar-refractivity contribution in [2.45, 2.75) is 26.3 Å². The van der Waals surface area contributed by atoms with Crippen molar-refractivity contribution in [1.82, 2.24) is 20.5 Å². The summed E-state index contributed by atoms with van der Waals surface area (Å²) in [4.78, 5) is 16.4. The Morgan fingerprint density at radius 3 is 2.68 bits per heavy atom. The van der Waals surface area contributed by atoms with E-state index >= 15 is 0 Å². The highest BCUT2D eigenvalue weighted by Gasteiger charge is 2.12. The first-order chi connectivity index (χ1) is 12.1. The van der Waals surface area contributed by atoms with E-state index in [9.17, 15) is 4.79 Å². The molecule has 1 aromatic carbocycles. The van der Waals surface area contributed by atoms with Gasteiger partial charge < -0.3 is 10.6 Å². The van der Waals surface area contributed by atoms with E-state index in [-0.39, 0.29) is 12.1 Å². The number of amides is 2. The van der Waals surface area contributed by atoms with Gasteiger partial charge in [0.2, 0.25) is 0 Å². The van der Waals surface area contributed by atoms with Crippen LogP contribution in [0.2, 0.25) is 0 Å². The molecule has 0 spiro atoms. The number of hydrogen-bond donors (Lipinski definition) is 3. The predicted molar refractivity (Wildman–Crippen MR) is 98.3 cm³/mol. The van der Waals surface area contributed by atoms with Crippen LogP contribution in [0.15, 0.2) is 54.9 Å². The number of hydrogen-bond acceptors (Lipinski definition) is 3. The van der Waals surface area contributed by atoms with E-state index in [2.05, 4.69) is 25.8 Å². The van der Waals surface area contributed by atoms with Crippen molar-refractivity contribution in [3.63, 3.8) is 0 Å². The molecule has 0 saturated heterocycles. The van der Waals surface area contributed by atoms with Crippen LogP contribution < -0.4 is 10.6 Å². The van der Waals surface area contributed by atoms with Gasteiger partial charge in [-0.15, -0.1) is 0 Å². The summed E-state index contributed by atoms with van der Waals surface area (Å²) in [6.45, 7) is 3.91. The summed E-state index contributed by atoms with van der Waals surface area (Å²) >= 11 is 0. The molecule has 1 atom stereocenters. The van der Waals surface area contributed by atoms with E-state index in [0.717, 1.165) is 28.2 Å². The first kappa shape index (κ1) is 16.7. The van der Waals surface area contributed by atoms with Crippen LogP contribution in [0.5, 0.6) is 0 Å². The van der Waals surface area contributed by atoms with E-state index in [0.29, 0.717) is 6.42 Å². The van der Waals surface area contributed by atoms with Crippen LogP contribution in [-0.4, -0.2) is 27.3 Å². The Labute approximate surface area is 146 Å². The first-order valence-corrected chi connectivity index (χ1v) is 8.19. The molecule has 3 N–H and O–H groups in total. The maximum atomic E-state index is 12.3. The molecular formula is C19H21N5O. The van der Waals surface area contributed by atoms with Crippen molar-refractivity contribution < 1.29 is 4.79 Å². The van der Waals surface area contributed by atoms with Crippen LogP contribution in [-0.2, 0) is 6.42 Å². The monoisotopic (exact) mass is 335 g/mol. The summed E-state index contributed by atoms with van der Waals surface area (Å²) in [7, 11) is 0. The Morgan fingerprint density at radius 2 is 1.96 bits per heavy atom. The van der Waals surface area contributed by atoms with Gasteiger partial charge in [0.15, 0.2) is 0 Å². The molecule has 0 fully saturated rings. The zero-order valence-electron chi connectivity index (χ0n) is 14.3. The fourth-order valence-corrected chi connectivity index (χ4v) is 2.70. The quantitative estimate of drug-likeness (QED) is 0.667. The average molecular weight is 335 g/mol. The fraction of sp³-hybridized carbons (Fsp3) is 0.211. The van der Waals surface area contributed by atoms with Gasteiger partial charge in [-0.05, 0) is 43.7 Å². The number of anilines is 1. The molecule has 2 aromatic heterocycles. The maximum absolute atomic E-state index is 12.3. The molecule has 3 rings (SSSR count). The highest BCUT2D eigenvalue weighted by Crippen LogP contribution is 2.27. The third kappa shape index (κ3) is 4.44. The van der Waals surface area contributed by atoms with Crippen molar-refractivity contribution in [2.75, 3.05) is 5.32 Å². The van der Waals surface area contributed by atoms with Gasteiger partial charge in [-0.25, -0.2) is 4.79 Å². The van der Waals surface area contributed by atoms with Gasteiger partial charge in [-0.3, -0.25) is 10.1 Å². The van der Waals surface area contributed by atoms with Gasteiger partial charge in [0, 0.05) is 36.1 Å². The van der Waals surface area contributed by atoms with E-state index in [1.807, 2.05) is 56.3 Å². The highest BCUT2D eigenvalue weighted by atomic mass is 16.2. The number of aryl methyl sites for hydroxylation is 1. The largest absolute Gasteiger partial charge is 0.335 e. The lowest BCUT2D eigenvalue weighted by Gasteiger charge is -2.15. The molecule has 128 valence electrons. The number of para-hydroxylation sites is 1. The number of carbonyl (C=O) groups is 1. The number of nitrogens with zero attached hydrogens (tertiary/aromatic N) is 2. The lowest BCUT2D eigenvalue weighted by molar-refractivity contribution is 0.249. The minimum atomic E-state index is -0.235. The van der Waals surface area contributed by atoms with Gasteiger partial charge in [0.25, 0.3) is 0 Å². The fourth-order valence-electron chi connectivity index (χ4n) is 2.70. The van der Waals surface area contributed by atoms with Gasteiger partial charge >= 0.3 is 6.03 Å². The minimum absolute atomic E-state index is 0.0317. The molecule has 0 aliphatic heterocycles. The summed E-state index contributed by atoms with van der Waals surface area (Å²) in [5.74, 6) is 0. The normalized spacial score (nSPS) is 11.8. The smallest absolute Gasteiger partial charge is 0.319 e. The Balaban J connectivity index is 1.65. The second-order valence-electron chi connectivity index (χ2n) is 6.03. The van der Waals surface area contributed by atoms with E-state index < -0.39 is 0 Å². The first-order valence-electron chi connectivity index (χ1n) is 8.19. The molecule has 3 aromatic rings. The van der Waals surface area contributed by atoms with Crippen LogP contribution in [0.25, 0.3) is 11.1 Å². The number of urea groups is 1. The second kappa shape index (κ2) is 7.61. The molecule has 0 aliphatic carbocycles. The van der Waals surface area contributed by atoms with Gasteiger partial charge in [0.1, 0.15) is 0 Å². The summed E-state index contributed by atoms with van der Waals surface area (Å²) in [5.41, 5.74) is 4.66. The number of aromatic nitrogens is 3. The van der Waals surface area contributed by atoms with Crippen molar-refractivity contribution >= 4 is 11.7 Å². The molecule has 0 aliphatic rings. The van der Waals surface area contributed by atoms with Crippen molar-refractivity contribution in [2.24, 2.45) is 0 Å². The second-order valence-corrected chi connectivity index (χ2v) is 6.03. The van der Waals surface area contributed by atoms with Crippen LogP contribution in [0.3, 0.4) is 0 Å². The Hall–Kier alpha value is -3.15. The van der Waals surface area contributed by atoms with Crippen molar-refractivity contribution in [3.05, 3.63) is 66.2 Å². The summed E-state index contributed by atoms with van der Waals surface area (Å²) in [6.07, 6.45) is 4.14. The number of pyridine rings is 1. The minimum Gasteiger partial charge on any atom is -0.335 e. The zero-order valence-corrected chi connectivity index (χ0v) is 14.3. The molecular weight excluding hydrogens is 314 g/mol. The van der Waals surface area contributed by atoms with Crippen molar-refractivity contribution in [3.8, 4) is 11.1 Å². The topological polar surface area (TPSA) is 82.7 Å². The van der Waals surface area contributed by atoms with Gasteiger partial charge in [0.05, 0.1) is 11.4 Å². The third-order valence-corrected chi connectivity index (χ3v) is 3.82. The van der Waals surface area contributed by atoms with E-state index in [4.69, 9.17) is 0 Å². The summed E-state index contributed by atoms with van der Waals surface area (Å²) in [6, 6.07) is 13.3. The number of benzene rings is 1. The Morgan fingerprint density at radius 1 is 1.20 bits per heavy atom. The van der Waals surface area contributed by atoms with Crippen LogP contribution in [0.1, 0.15) is 18.3 Å². The van der Waals surface area contributed by atoms with Gasteiger partial charge in [-0.1, -0.05) is 18.2 Å². The molecule has 2 heterocycles. The molecule has 0 bridgehead atoms. The van der Waals surface area contributed by atoms with Gasteiger partial charge in [-0.2, -0.15) is 5.10 Å². The number of aromatic amines is 1. The molecule has 6 heteroatoms. The molecule has 25 heavy (non-hydrogen) atoms. The maximum Gasteiger partial charge on any atom is 0.319 e. The molecule has 1 unspecified atom stereocenters. The van der Waals surface area contributed by atoms with E-state index in [1.165, 1.54) is 0 Å². The lowest BCUT2D eigenvalue weighted by atomic mass is 10.1. The zero-order chi connectivity index (χ0) is 17.6. The van der Waals surface area contributed by atoms with E-state index in [1.54, 1.807) is 12.4 Å². The molecule has 6 nitrogen and oxygen atoms in total. The number of H-pyrrole nitrogens is 1. The molecule has 2 amide bonds. The third-order valence-electron chi connectivity index (χ3n) is 3.82. The highest BCUT2D eigenvalue weighted by molar-refractivity contribution is 5.94. The lowest BCUT2D eigenvalue weighted by Crippen LogP contribution is -2.37. The SMILES string of the molecule is Cc1cc(CC(C)NC(=O)Nc2ccccc2-c2ccncc2)n[nH]1.